The molecule has 1 aromatic rings. The van der Waals surface area contributed by atoms with Crippen LogP contribution >= 0.6 is 11.6 Å². The average molecular weight is 326 g/mol. The third-order valence-corrected chi connectivity index (χ3v) is 2.55. The van der Waals surface area contributed by atoms with E-state index in [0.717, 1.165) is 5.56 Å². The highest BCUT2D eigenvalue weighted by molar-refractivity contribution is 6.30. The van der Waals surface area contributed by atoms with Crippen molar-refractivity contribution in [2.45, 2.75) is 26.4 Å². The topological polar surface area (TPSA) is 64.6 Å². The maximum absolute atomic E-state index is 11.5. The Morgan fingerprint density at radius 3 is 2.45 bits per heavy atom. The molecule has 0 aliphatic carbocycles. The maximum atomic E-state index is 11.5. The number of rotatable bonds is 5. The third-order valence-electron chi connectivity index (χ3n) is 2.30. The van der Waals surface area contributed by atoms with Gasteiger partial charge in [0.2, 0.25) is 0 Å². The van der Waals surface area contributed by atoms with Gasteiger partial charge in [-0.15, -0.1) is 0 Å². The summed E-state index contributed by atoms with van der Waals surface area (Å²) in [6.45, 7) is 5.58. The number of alkyl carbamates (subject to hydrolysis) is 1. The van der Waals surface area contributed by atoms with Crippen LogP contribution in [0.25, 0.3) is 6.08 Å². The van der Waals surface area contributed by atoms with Crippen LogP contribution in [0.15, 0.2) is 30.3 Å². The summed E-state index contributed by atoms with van der Waals surface area (Å²) >= 11 is 5.76. The smallest absolute Gasteiger partial charge is 0.407 e. The zero-order valence-electron chi connectivity index (χ0n) is 12.9. The van der Waals surface area contributed by atoms with E-state index in [4.69, 9.17) is 21.1 Å². The Morgan fingerprint density at radius 1 is 1.23 bits per heavy atom. The molecule has 0 unspecified atom stereocenters. The molecule has 0 aromatic heterocycles. The van der Waals surface area contributed by atoms with Crippen LogP contribution < -0.4 is 5.32 Å². The minimum atomic E-state index is -0.553. The standard InChI is InChI=1S/C16H20ClNO4/c1-16(2,3)22-15(20)18-10-11-21-14(19)9-6-12-4-7-13(17)8-5-12/h4-9H,10-11H2,1-3H3,(H,18,20)/b9-6+. The lowest BCUT2D eigenvalue weighted by Crippen LogP contribution is -2.34. The second-order valence-electron chi connectivity index (χ2n) is 5.48. The molecule has 0 saturated heterocycles. The van der Waals surface area contributed by atoms with Gasteiger partial charge in [0, 0.05) is 11.1 Å². The van der Waals surface area contributed by atoms with Gasteiger partial charge in [-0.2, -0.15) is 0 Å². The van der Waals surface area contributed by atoms with E-state index in [0.29, 0.717) is 5.02 Å². The molecule has 1 aromatic carbocycles. The molecular weight excluding hydrogens is 306 g/mol. The van der Waals surface area contributed by atoms with Crippen molar-refractivity contribution in [1.29, 1.82) is 0 Å². The molecule has 1 amide bonds. The Labute approximate surface area is 135 Å². The fourth-order valence-corrected chi connectivity index (χ4v) is 1.53. The normalized spacial score (nSPS) is 11.3. The summed E-state index contributed by atoms with van der Waals surface area (Å²) < 4.78 is 9.99. The van der Waals surface area contributed by atoms with E-state index in [9.17, 15) is 9.59 Å². The molecular formula is C16H20ClNO4. The summed E-state index contributed by atoms with van der Waals surface area (Å²) in [4.78, 5) is 22.8. The van der Waals surface area contributed by atoms with Gasteiger partial charge in [0.15, 0.2) is 0 Å². The molecule has 0 fully saturated rings. The molecule has 6 heteroatoms. The van der Waals surface area contributed by atoms with Crippen LogP contribution in [0, 0.1) is 0 Å². The molecule has 0 aliphatic rings. The Morgan fingerprint density at radius 2 is 1.86 bits per heavy atom. The Hall–Kier alpha value is -2.01. The Balaban J connectivity index is 2.23. The molecule has 0 heterocycles. The van der Waals surface area contributed by atoms with Crippen molar-refractivity contribution < 1.29 is 19.1 Å². The summed E-state index contributed by atoms with van der Waals surface area (Å²) in [7, 11) is 0. The first kappa shape index (κ1) is 18.0. The largest absolute Gasteiger partial charge is 0.461 e. The number of hydrogen-bond donors (Lipinski definition) is 1. The molecule has 1 rings (SSSR count). The van der Waals surface area contributed by atoms with Crippen molar-refractivity contribution in [2.24, 2.45) is 0 Å². The van der Waals surface area contributed by atoms with Crippen molar-refractivity contribution in [2.75, 3.05) is 13.2 Å². The minimum absolute atomic E-state index is 0.0725. The minimum Gasteiger partial charge on any atom is -0.461 e. The van der Waals surface area contributed by atoms with Crippen molar-refractivity contribution in [3.63, 3.8) is 0 Å². The SMILES string of the molecule is CC(C)(C)OC(=O)NCCOC(=O)/C=C/c1ccc(Cl)cc1. The molecule has 0 saturated carbocycles. The first-order chi connectivity index (χ1) is 10.3. The maximum Gasteiger partial charge on any atom is 0.407 e. The number of ether oxygens (including phenoxy) is 2. The highest BCUT2D eigenvalue weighted by atomic mass is 35.5. The Kier molecular flexibility index (Phi) is 6.92. The highest BCUT2D eigenvalue weighted by Gasteiger charge is 2.15. The molecule has 0 atom stereocenters. The Bertz CT molecular complexity index is 532. The van der Waals surface area contributed by atoms with Crippen molar-refractivity contribution in [1.82, 2.24) is 5.32 Å². The molecule has 0 radical (unpaired) electrons. The number of amides is 1. The van der Waals surface area contributed by atoms with E-state index in [2.05, 4.69) is 5.32 Å². The lowest BCUT2D eigenvalue weighted by Gasteiger charge is -2.19. The molecule has 0 bridgehead atoms. The number of carbonyl (C=O) groups is 2. The quantitative estimate of drug-likeness (QED) is 0.512. The number of esters is 1. The molecule has 0 aliphatic heterocycles. The summed E-state index contributed by atoms with van der Waals surface area (Å²) in [5, 5.41) is 3.13. The molecule has 0 spiro atoms. The van der Waals surface area contributed by atoms with E-state index < -0.39 is 17.7 Å². The molecule has 1 N–H and O–H groups in total. The third kappa shape index (κ3) is 8.32. The fourth-order valence-electron chi connectivity index (χ4n) is 1.41. The molecule has 120 valence electrons. The predicted octanol–water partition coefficient (Wildman–Crippen LogP) is 3.42. The van der Waals surface area contributed by atoms with Gasteiger partial charge in [0.05, 0.1) is 6.54 Å². The van der Waals surface area contributed by atoms with Gasteiger partial charge in [-0.25, -0.2) is 9.59 Å². The highest BCUT2D eigenvalue weighted by Crippen LogP contribution is 2.10. The van der Waals surface area contributed by atoms with Crippen molar-refractivity contribution in [3.8, 4) is 0 Å². The lowest BCUT2D eigenvalue weighted by atomic mass is 10.2. The van der Waals surface area contributed by atoms with Gasteiger partial charge in [-0.05, 0) is 44.5 Å². The van der Waals surface area contributed by atoms with Crippen LogP contribution in [-0.4, -0.2) is 30.8 Å². The number of nitrogens with one attached hydrogen (secondary N) is 1. The van der Waals surface area contributed by atoms with Gasteiger partial charge >= 0.3 is 12.1 Å². The van der Waals surface area contributed by atoms with Crippen LogP contribution in [0.1, 0.15) is 26.3 Å². The second-order valence-corrected chi connectivity index (χ2v) is 5.92. The lowest BCUT2D eigenvalue weighted by molar-refractivity contribution is -0.137. The monoisotopic (exact) mass is 325 g/mol. The molecule has 22 heavy (non-hydrogen) atoms. The summed E-state index contributed by atoms with van der Waals surface area (Å²) in [6, 6.07) is 7.04. The van der Waals surface area contributed by atoms with Gasteiger partial charge in [0.25, 0.3) is 0 Å². The van der Waals surface area contributed by atoms with E-state index >= 15 is 0 Å². The first-order valence-electron chi connectivity index (χ1n) is 6.83. The molecule has 5 nitrogen and oxygen atoms in total. The van der Waals surface area contributed by atoms with Gasteiger partial charge in [-0.1, -0.05) is 23.7 Å². The van der Waals surface area contributed by atoms with Crippen molar-refractivity contribution in [3.05, 3.63) is 40.9 Å². The van der Waals surface area contributed by atoms with E-state index in [-0.39, 0.29) is 13.2 Å². The fraction of sp³-hybridized carbons (Fsp3) is 0.375. The first-order valence-corrected chi connectivity index (χ1v) is 7.21. The van der Waals surface area contributed by atoms with Crippen LogP contribution in [0.5, 0.6) is 0 Å². The van der Waals surface area contributed by atoms with Gasteiger partial charge < -0.3 is 14.8 Å². The number of benzene rings is 1. The van der Waals surface area contributed by atoms with E-state index in [1.54, 1.807) is 51.1 Å². The van der Waals surface area contributed by atoms with E-state index in [1.165, 1.54) is 6.08 Å². The number of hydrogen-bond acceptors (Lipinski definition) is 4. The summed E-state index contributed by atoms with van der Waals surface area (Å²) in [6.07, 6.45) is 2.40. The number of halogens is 1. The van der Waals surface area contributed by atoms with E-state index in [1.807, 2.05) is 0 Å². The summed E-state index contributed by atoms with van der Waals surface area (Å²) in [5.74, 6) is -0.485. The van der Waals surface area contributed by atoms with Crippen LogP contribution in [0.4, 0.5) is 4.79 Å². The van der Waals surface area contributed by atoms with Crippen LogP contribution in [-0.2, 0) is 14.3 Å². The van der Waals surface area contributed by atoms with Crippen LogP contribution in [0.3, 0.4) is 0 Å². The predicted molar refractivity (Wildman–Crippen MR) is 85.7 cm³/mol. The average Bonchev–Trinajstić information content (AvgIpc) is 2.41. The summed E-state index contributed by atoms with van der Waals surface area (Å²) in [5.41, 5.74) is 0.287. The van der Waals surface area contributed by atoms with Crippen molar-refractivity contribution >= 4 is 29.7 Å². The second kappa shape index (κ2) is 8.44. The van der Waals surface area contributed by atoms with Crippen LogP contribution in [0.2, 0.25) is 5.02 Å². The zero-order valence-corrected chi connectivity index (χ0v) is 13.6. The number of carbonyl (C=O) groups excluding carboxylic acids is 2. The zero-order chi connectivity index (χ0) is 16.6. The van der Waals surface area contributed by atoms with Gasteiger partial charge in [0.1, 0.15) is 12.2 Å². The van der Waals surface area contributed by atoms with Gasteiger partial charge in [-0.3, -0.25) is 0 Å².